The summed E-state index contributed by atoms with van der Waals surface area (Å²) >= 11 is 0. The van der Waals surface area contributed by atoms with Gasteiger partial charge in [-0.2, -0.15) is 0 Å². The fourth-order valence-corrected chi connectivity index (χ4v) is 2.44. The van der Waals surface area contributed by atoms with Gasteiger partial charge in [0.2, 0.25) is 0 Å². The highest BCUT2D eigenvalue weighted by Crippen LogP contribution is 2.31. The number of hydrogen-bond acceptors (Lipinski definition) is 3. The summed E-state index contributed by atoms with van der Waals surface area (Å²) < 4.78 is 0. The summed E-state index contributed by atoms with van der Waals surface area (Å²) in [6.07, 6.45) is 5.30. The van der Waals surface area contributed by atoms with E-state index in [2.05, 4.69) is 42.8 Å². The molecule has 0 saturated heterocycles. The van der Waals surface area contributed by atoms with Crippen molar-refractivity contribution in [1.29, 1.82) is 0 Å². The quantitative estimate of drug-likeness (QED) is 0.815. The first-order chi connectivity index (χ1) is 8.52. The first-order valence-electron chi connectivity index (χ1n) is 6.61. The van der Waals surface area contributed by atoms with Crippen LogP contribution in [0.3, 0.4) is 0 Å². The SMILES string of the molecule is CC(C)(C)C1=CCN(c2cccnc2CN)CC1. The number of aromatic nitrogens is 1. The van der Waals surface area contributed by atoms with Crippen LogP contribution in [0.25, 0.3) is 0 Å². The van der Waals surface area contributed by atoms with Crippen LogP contribution >= 0.6 is 0 Å². The molecular weight excluding hydrogens is 222 g/mol. The Morgan fingerprint density at radius 3 is 2.72 bits per heavy atom. The van der Waals surface area contributed by atoms with Gasteiger partial charge < -0.3 is 10.6 Å². The molecule has 3 nitrogen and oxygen atoms in total. The monoisotopic (exact) mass is 245 g/mol. The van der Waals surface area contributed by atoms with Crippen LogP contribution in [0.1, 0.15) is 32.9 Å². The predicted octanol–water partition coefficient (Wildman–Crippen LogP) is 2.72. The third kappa shape index (κ3) is 2.72. The lowest BCUT2D eigenvalue weighted by Crippen LogP contribution is -2.32. The summed E-state index contributed by atoms with van der Waals surface area (Å²) in [5.74, 6) is 0. The average molecular weight is 245 g/mol. The van der Waals surface area contributed by atoms with E-state index in [1.807, 2.05) is 12.3 Å². The largest absolute Gasteiger partial charge is 0.366 e. The number of hydrogen-bond donors (Lipinski definition) is 1. The van der Waals surface area contributed by atoms with E-state index in [9.17, 15) is 0 Å². The fourth-order valence-electron chi connectivity index (χ4n) is 2.44. The van der Waals surface area contributed by atoms with Crippen molar-refractivity contribution in [2.75, 3.05) is 18.0 Å². The summed E-state index contributed by atoms with van der Waals surface area (Å²) in [5, 5.41) is 0. The number of rotatable bonds is 2. The maximum atomic E-state index is 5.75. The zero-order chi connectivity index (χ0) is 13.2. The molecule has 0 atom stereocenters. The molecule has 0 amide bonds. The van der Waals surface area contributed by atoms with Crippen molar-refractivity contribution in [3.05, 3.63) is 35.7 Å². The average Bonchev–Trinajstić information content (AvgIpc) is 2.38. The van der Waals surface area contributed by atoms with Gasteiger partial charge in [-0.1, -0.05) is 32.4 Å². The Hall–Kier alpha value is -1.35. The van der Waals surface area contributed by atoms with Gasteiger partial charge in [0.1, 0.15) is 0 Å². The molecule has 2 heterocycles. The lowest BCUT2D eigenvalue weighted by atomic mass is 9.83. The molecule has 0 unspecified atom stereocenters. The summed E-state index contributed by atoms with van der Waals surface area (Å²) in [5.41, 5.74) is 9.77. The highest BCUT2D eigenvalue weighted by atomic mass is 15.1. The molecular formula is C15H23N3. The molecule has 0 spiro atoms. The van der Waals surface area contributed by atoms with Gasteiger partial charge in [0.15, 0.2) is 0 Å². The zero-order valence-corrected chi connectivity index (χ0v) is 11.6. The molecule has 98 valence electrons. The fraction of sp³-hybridized carbons (Fsp3) is 0.533. The van der Waals surface area contributed by atoms with Gasteiger partial charge in [-0.3, -0.25) is 4.98 Å². The lowest BCUT2D eigenvalue weighted by molar-refractivity contribution is 0.472. The van der Waals surface area contributed by atoms with E-state index in [4.69, 9.17) is 5.73 Å². The van der Waals surface area contributed by atoms with Crippen molar-refractivity contribution in [3.8, 4) is 0 Å². The lowest BCUT2D eigenvalue weighted by Gasteiger charge is -2.34. The number of nitrogens with two attached hydrogens (primary N) is 1. The van der Waals surface area contributed by atoms with E-state index in [1.165, 1.54) is 5.69 Å². The van der Waals surface area contributed by atoms with Crippen molar-refractivity contribution in [2.24, 2.45) is 11.1 Å². The molecule has 1 aromatic heterocycles. The Morgan fingerprint density at radius 1 is 1.39 bits per heavy atom. The molecule has 18 heavy (non-hydrogen) atoms. The second-order valence-corrected chi connectivity index (χ2v) is 5.85. The first-order valence-corrected chi connectivity index (χ1v) is 6.61. The van der Waals surface area contributed by atoms with Crippen molar-refractivity contribution in [1.82, 2.24) is 4.98 Å². The molecule has 1 aliphatic rings. The minimum Gasteiger partial charge on any atom is -0.366 e. The van der Waals surface area contributed by atoms with Gasteiger partial charge in [-0.05, 0) is 24.0 Å². The van der Waals surface area contributed by atoms with Crippen LogP contribution in [0, 0.1) is 5.41 Å². The second-order valence-electron chi connectivity index (χ2n) is 5.85. The Kier molecular flexibility index (Phi) is 3.71. The summed E-state index contributed by atoms with van der Waals surface area (Å²) in [7, 11) is 0. The van der Waals surface area contributed by atoms with Crippen LogP contribution in [0.15, 0.2) is 30.0 Å². The molecule has 1 aromatic rings. The Labute approximate surface area is 110 Å². The van der Waals surface area contributed by atoms with E-state index in [1.54, 1.807) is 5.57 Å². The van der Waals surface area contributed by atoms with Crippen molar-refractivity contribution in [3.63, 3.8) is 0 Å². The van der Waals surface area contributed by atoms with Gasteiger partial charge in [-0.15, -0.1) is 0 Å². The minimum atomic E-state index is 0.289. The van der Waals surface area contributed by atoms with E-state index in [-0.39, 0.29) is 5.41 Å². The third-order valence-corrected chi connectivity index (χ3v) is 3.57. The highest BCUT2D eigenvalue weighted by Gasteiger charge is 2.22. The van der Waals surface area contributed by atoms with Gasteiger partial charge >= 0.3 is 0 Å². The standard InChI is InChI=1S/C15H23N3/c1-15(2,3)12-6-9-18(10-7-12)14-5-4-8-17-13(14)11-16/h4-6,8H,7,9-11,16H2,1-3H3. The Morgan fingerprint density at radius 2 is 2.17 bits per heavy atom. The molecule has 0 aliphatic carbocycles. The van der Waals surface area contributed by atoms with Crippen molar-refractivity contribution < 1.29 is 0 Å². The summed E-state index contributed by atoms with van der Waals surface area (Å²) in [6.45, 7) is 9.37. The van der Waals surface area contributed by atoms with Crippen LogP contribution < -0.4 is 10.6 Å². The predicted molar refractivity (Wildman–Crippen MR) is 76.5 cm³/mol. The Bertz CT molecular complexity index is 443. The molecule has 0 aromatic carbocycles. The maximum Gasteiger partial charge on any atom is 0.0772 e. The zero-order valence-electron chi connectivity index (χ0n) is 11.6. The van der Waals surface area contributed by atoms with E-state index >= 15 is 0 Å². The Balaban J connectivity index is 2.17. The van der Waals surface area contributed by atoms with Gasteiger partial charge in [0.05, 0.1) is 11.4 Å². The molecule has 3 heteroatoms. The minimum absolute atomic E-state index is 0.289. The smallest absolute Gasteiger partial charge is 0.0772 e. The van der Waals surface area contributed by atoms with Crippen LogP contribution in [-0.2, 0) is 6.54 Å². The molecule has 0 radical (unpaired) electrons. The van der Waals surface area contributed by atoms with Crippen LogP contribution in [-0.4, -0.2) is 18.1 Å². The van der Waals surface area contributed by atoms with Gasteiger partial charge in [0, 0.05) is 25.8 Å². The van der Waals surface area contributed by atoms with Crippen LogP contribution in [0.4, 0.5) is 5.69 Å². The van der Waals surface area contributed by atoms with E-state index in [0.717, 1.165) is 25.2 Å². The molecule has 2 N–H and O–H groups in total. The number of pyridine rings is 1. The van der Waals surface area contributed by atoms with Gasteiger partial charge in [-0.25, -0.2) is 0 Å². The van der Waals surface area contributed by atoms with Crippen molar-refractivity contribution >= 4 is 5.69 Å². The van der Waals surface area contributed by atoms with E-state index < -0.39 is 0 Å². The second kappa shape index (κ2) is 5.11. The maximum absolute atomic E-state index is 5.75. The molecule has 0 saturated carbocycles. The van der Waals surface area contributed by atoms with Crippen LogP contribution in [0.5, 0.6) is 0 Å². The first kappa shape index (κ1) is 13.1. The molecule has 2 rings (SSSR count). The molecule has 0 bridgehead atoms. The molecule has 1 aliphatic heterocycles. The summed E-state index contributed by atoms with van der Waals surface area (Å²) in [4.78, 5) is 6.72. The third-order valence-electron chi connectivity index (χ3n) is 3.57. The van der Waals surface area contributed by atoms with Gasteiger partial charge in [0.25, 0.3) is 0 Å². The number of nitrogens with zero attached hydrogens (tertiary/aromatic N) is 2. The highest BCUT2D eigenvalue weighted by molar-refractivity contribution is 5.52. The van der Waals surface area contributed by atoms with E-state index in [0.29, 0.717) is 6.54 Å². The summed E-state index contributed by atoms with van der Waals surface area (Å²) in [6, 6.07) is 4.10. The van der Waals surface area contributed by atoms with Crippen LogP contribution in [0.2, 0.25) is 0 Å². The van der Waals surface area contributed by atoms with Crippen molar-refractivity contribution in [2.45, 2.75) is 33.7 Å². The topological polar surface area (TPSA) is 42.2 Å². The normalized spacial score (nSPS) is 16.7. The molecule has 0 fully saturated rings. The number of anilines is 1.